The topological polar surface area (TPSA) is 75.4 Å². The molecular formula is C18H27N3O3. The van der Waals surface area contributed by atoms with Gasteiger partial charge in [0, 0.05) is 32.0 Å². The molecule has 0 bridgehead atoms. The highest BCUT2D eigenvalue weighted by molar-refractivity contribution is 5.95. The number of likely N-dealkylation sites (tertiary alicyclic amines) is 1. The van der Waals surface area contributed by atoms with Crippen molar-refractivity contribution in [1.29, 1.82) is 0 Å². The normalized spacial score (nSPS) is 19.0. The number of aromatic nitrogens is 2. The Morgan fingerprint density at radius 3 is 2.46 bits per heavy atom. The van der Waals surface area contributed by atoms with Crippen LogP contribution in [0, 0.1) is 11.8 Å². The summed E-state index contributed by atoms with van der Waals surface area (Å²) in [4.78, 5) is 25.6. The molecule has 1 aliphatic heterocycles. The maximum atomic E-state index is 12.9. The molecule has 6 nitrogen and oxygen atoms in total. The van der Waals surface area contributed by atoms with E-state index < -0.39 is 5.97 Å². The Morgan fingerprint density at radius 1 is 1.25 bits per heavy atom. The molecule has 1 saturated heterocycles. The number of carbonyl (C=O) groups is 2. The van der Waals surface area contributed by atoms with E-state index in [4.69, 9.17) is 5.11 Å². The molecule has 1 saturated carbocycles. The predicted molar refractivity (Wildman–Crippen MR) is 89.9 cm³/mol. The van der Waals surface area contributed by atoms with Gasteiger partial charge in [0.1, 0.15) is 0 Å². The fraction of sp³-hybridized carbons (Fsp3) is 0.722. The zero-order chi connectivity index (χ0) is 17.3. The second kappa shape index (κ2) is 6.95. The molecule has 1 aliphatic carbocycles. The molecular weight excluding hydrogens is 306 g/mol. The first-order valence-electron chi connectivity index (χ1n) is 9.02. The third kappa shape index (κ3) is 3.79. The lowest BCUT2D eigenvalue weighted by Gasteiger charge is -2.31. The molecule has 0 atom stereocenters. The van der Waals surface area contributed by atoms with E-state index in [1.54, 1.807) is 6.20 Å². The van der Waals surface area contributed by atoms with E-state index in [-0.39, 0.29) is 18.2 Å². The van der Waals surface area contributed by atoms with Crippen LogP contribution in [0.25, 0.3) is 0 Å². The fourth-order valence-electron chi connectivity index (χ4n) is 3.60. The van der Waals surface area contributed by atoms with Gasteiger partial charge in [-0.2, -0.15) is 5.10 Å². The number of carboxylic acids is 1. The minimum Gasteiger partial charge on any atom is -0.481 e. The number of carbonyl (C=O) groups excluding carboxylic acids is 1. The van der Waals surface area contributed by atoms with Crippen LogP contribution in [0.5, 0.6) is 0 Å². The Hall–Kier alpha value is -1.85. The van der Waals surface area contributed by atoms with Crippen molar-refractivity contribution >= 4 is 11.9 Å². The number of piperidine rings is 1. The van der Waals surface area contributed by atoms with E-state index in [0.717, 1.165) is 43.5 Å². The van der Waals surface area contributed by atoms with Crippen molar-refractivity contribution in [1.82, 2.24) is 14.7 Å². The van der Waals surface area contributed by atoms with Crippen molar-refractivity contribution in [2.45, 2.75) is 58.4 Å². The minimum atomic E-state index is -0.745. The molecule has 0 radical (unpaired) electrons. The van der Waals surface area contributed by atoms with Crippen molar-refractivity contribution in [3.8, 4) is 0 Å². The quantitative estimate of drug-likeness (QED) is 0.868. The molecule has 132 valence electrons. The van der Waals surface area contributed by atoms with Gasteiger partial charge in [0.15, 0.2) is 0 Å². The smallest absolute Gasteiger partial charge is 0.303 e. The van der Waals surface area contributed by atoms with Crippen LogP contribution in [0.4, 0.5) is 0 Å². The molecule has 24 heavy (non-hydrogen) atoms. The number of carboxylic acid groups (broad SMARTS) is 1. The Morgan fingerprint density at radius 2 is 1.92 bits per heavy atom. The van der Waals surface area contributed by atoms with Gasteiger partial charge >= 0.3 is 5.97 Å². The monoisotopic (exact) mass is 333 g/mol. The summed E-state index contributed by atoms with van der Waals surface area (Å²) < 4.78 is 2.02. The van der Waals surface area contributed by atoms with Crippen LogP contribution in [0.3, 0.4) is 0 Å². The van der Waals surface area contributed by atoms with Crippen LogP contribution in [-0.2, 0) is 11.3 Å². The molecule has 2 aliphatic rings. The highest BCUT2D eigenvalue weighted by Gasteiger charge is 2.34. The summed E-state index contributed by atoms with van der Waals surface area (Å²) in [6, 6.07) is 0. The second-order valence-corrected chi connectivity index (χ2v) is 7.63. The summed E-state index contributed by atoms with van der Waals surface area (Å²) in [6.07, 6.45) is 5.78. The van der Waals surface area contributed by atoms with E-state index in [2.05, 4.69) is 18.9 Å². The maximum Gasteiger partial charge on any atom is 0.303 e. The first kappa shape index (κ1) is 17.0. The summed E-state index contributed by atoms with van der Waals surface area (Å²) >= 11 is 0. The van der Waals surface area contributed by atoms with Crippen LogP contribution in [-0.4, -0.2) is 44.8 Å². The molecule has 0 spiro atoms. The Labute approximate surface area is 142 Å². The molecule has 2 heterocycles. The van der Waals surface area contributed by atoms with Crippen molar-refractivity contribution in [2.24, 2.45) is 11.8 Å². The molecule has 1 aromatic heterocycles. The molecule has 1 N–H and O–H groups in total. The summed E-state index contributed by atoms with van der Waals surface area (Å²) in [5.74, 6) is 0.497. The van der Waals surface area contributed by atoms with E-state index in [9.17, 15) is 9.59 Å². The van der Waals surface area contributed by atoms with E-state index in [1.807, 2.05) is 9.58 Å². The van der Waals surface area contributed by atoms with Gasteiger partial charge in [0.25, 0.3) is 5.91 Å². The van der Waals surface area contributed by atoms with Crippen molar-refractivity contribution in [3.63, 3.8) is 0 Å². The third-order valence-electron chi connectivity index (χ3n) is 4.98. The fourth-order valence-corrected chi connectivity index (χ4v) is 3.60. The molecule has 0 unspecified atom stereocenters. The summed E-state index contributed by atoms with van der Waals surface area (Å²) in [5, 5.41) is 13.4. The lowest BCUT2D eigenvalue weighted by atomic mass is 9.93. The van der Waals surface area contributed by atoms with Crippen molar-refractivity contribution in [3.05, 3.63) is 17.5 Å². The summed E-state index contributed by atoms with van der Waals surface area (Å²) in [5.41, 5.74) is 1.87. The molecule has 2 fully saturated rings. The number of nitrogens with zero attached hydrogens (tertiary/aromatic N) is 3. The minimum absolute atomic E-state index is 0.0701. The van der Waals surface area contributed by atoms with Gasteiger partial charge in [0.05, 0.1) is 17.5 Å². The number of hydrogen-bond acceptors (Lipinski definition) is 3. The SMILES string of the molecule is CC(C)Cn1ncc(C(=O)N2CCC(CC(=O)O)CC2)c1C1CC1. The maximum absolute atomic E-state index is 12.9. The molecule has 1 amide bonds. The van der Waals surface area contributed by atoms with E-state index in [0.29, 0.717) is 24.9 Å². The van der Waals surface area contributed by atoms with Gasteiger partial charge in [0.2, 0.25) is 0 Å². The molecule has 6 heteroatoms. The number of hydrogen-bond donors (Lipinski definition) is 1. The average Bonchev–Trinajstić information content (AvgIpc) is 3.27. The molecule has 0 aromatic carbocycles. The highest BCUT2D eigenvalue weighted by Crippen LogP contribution is 2.42. The van der Waals surface area contributed by atoms with Gasteiger partial charge < -0.3 is 10.0 Å². The van der Waals surface area contributed by atoms with Crippen molar-refractivity contribution < 1.29 is 14.7 Å². The van der Waals surface area contributed by atoms with Crippen LogP contribution >= 0.6 is 0 Å². The number of rotatable bonds is 6. The van der Waals surface area contributed by atoms with Crippen LogP contribution in [0.15, 0.2) is 6.20 Å². The Kier molecular flexibility index (Phi) is 4.92. The number of aliphatic carboxylic acids is 1. The Balaban J connectivity index is 1.69. The predicted octanol–water partition coefficient (Wildman–Crippen LogP) is 2.74. The van der Waals surface area contributed by atoms with E-state index >= 15 is 0 Å². The standard InChI is InChI=1S/C18H27N3O3/c1-12(2)11-21-17(14-3-4-14)15(10-19-21)18(24)20-7-5-13(6-8-20)9-16(22)23/h10,12-14H,3-9,11H2,1-2H3,(H,22,23). The second-order valence-electron chi connectivity index (χ2n) is 7.63. The van der Waals surface area contributed by atoms with Gasteiger partial charge in [-0.25, -0.2) is 0 Å². The van der Waals surface area contributed by atoms with Crippen LogP contribution < -0.4 is 0 Å². The average molecular weight is 333 g/mol. The van der Waals surface area contributed by atoms with Gasteiger partial charge in [-0.15, -0.1) is 0 Å². The lowest BCUT2D eigenvalue weighted by Crippen LogP contribution is -2.39. The molecule has 1 aromatic rings. The summed E-state index contributed by atoms with van der Waals surface area (Å²) in [7, 11) is 0. The first-order valence-corrected chi connectivity index (χ1v) is 9.02. The van der Waals surface area contributed by atoms with Gasteiger partial charge in [-0.3, -0.25) is 14.3 Å². The van der Waals surface area contributed by atoms with Crippen LogP contribution in [0.2, 0.25) is 0 Å². The van der Waals surface area contributed by atoms with Gasteiger partial charge in [-0.1, -0.05) is 13.8 Å². The lowest BCUT2D eigenvalue weighted by molar-refractivity contribution is -0.138. The zero-order valence-electron chi connectivity index (χ0n) is 14.6. The van der Waals surface area contributed by atoms with Crippen LogP contribution in [0.1, 0.15) is 67.9 Å². The van der Waals surface area contributed by atoms with Gasteiger partial charge in [-0.05, 0) is 37.5 Å². The zero-order valence-corrected chi connectivity index (χ0v) is 14.6. The third-order valence-corrected chi connectivity index (χ3v) is 4.98. The van der Waals surface area contributed by atoms with Crippen molar-refractivity contribution in [2.75, 3.05) is 13.1 Å². The largest absolute Gasteiger partial charge is 0.481 e. The highest BCUT2D eigenvalue weighted by atomic mass is 16.4. The molecule has 3 rings (SSSR count). The number of amides is 1. The Bertz CT molecular complexity index is 611. The van der Waals surface area contributed by atoms with E-state index in [1.165, 1.54) is 0 Å². The first-order chi connectivity index (χ1) is 11.5. The summed E-state index contributed by atoms with van der Waals surface area (Å²) in [6.45, 7) is 6.46.